The standard InChI is InChI=1S/C10H20N2S/c1-3-13-12-6-4-10(5-7-12)8-11(2)9-10/h3-9H2,1-2H3. The van der Waals surface area contributed by atoms with E-state index in [4.69, 9.17) is 0 Å². The van der Waals surface area contributed by atoms with Gasteiger partial charge in [-0.25, -0.2) is 0 Å². The summed E-state index contributed by atoms with van der Waals surface area (Å²) in [5.41, 5.74) is 0.722. The minimum Gasteiger partial charge on any atom is -0.305 e. The largest absolute Gasteiger partial charge is 0.305 e. The van der Waals surface area contributed by atoms with Gasteiger partial charge < -0.3 is 4.90 Å². The average Bonchev–Trinajstić information content (AvgIpc) is 2.07. The van der Waals surface area contributed by atoms with Crippen LogP contribution in [0.5, 0.6) is 0 Å². The first kappa shape index (κ1) is 9.81. The molecule has 2 aliphatic rings. The van der Waals surface area contributed by atoms with Gasteiger partial charge in [-0.15, -0.1) is 0 Å². The second-order valence-corrected chi connectivity index (χ2v) is 5.87. The minimum atomic E-state index is 0.722. The van der Waals surface area contributed by atoms with Crippen molar-refractivity contribution >= 4 is 11.9 Å². The molecule has 2 saturated heterocycles. The van der Waals surface area contributed by atoms with E-state index in [1.165, 1.54) is 44.8 Å². The molecule has 2 rings (SSSR count). The van der Waals surface area contributed by atoms with Crippen LogP contribution in [0, 0.1) is 5.41 Å². The van der Waals surface area contributed by atoms with Crippen molar-refractivity contribution in [2.45, 2.75) is 19.8 Å². The fourth-order valence-corrected chi connectivity index (χ4v) is 3.49. The molecule has 0 aromatic heterocycles. The Kier molecular flexibility index (Phi) is 2.86. The summed E-state index contributed by atoms with van der Waals surface area (Å²) in [5.74, 6) is 1.23. The summed E-state index contributed by atoms with van der Waals surface area (Å²) in [5, 5.41) is 0. The van der Waals surface area contributed by atoms with Crippen LogP contribution in [0.3, 0.4) is 0 Å². The molecule has 76 valence electrons. The topological polar surface area (TPSA) is 6.48 Å². The zero-order valence-electron chi connectivity index (χ0n) is 8.75. The third-order valence-corrected chi connectivity index (χ3v) is 4.29. The quantitative estimate of drug-likeness (QED) is 0.626. The lowest BCUT2D eigenvalue weighted by molar-refractivity contribution is -0.0157. The van der Waals surface area contributed by atoms with Gasteiger partial charge in [0.25, 0.3) is 0 Å². The zero-order chi connectivity index (χ0) is 9.31. The molecule has 3 heteroatoms. The predicted octanol–water partition coefficient (Wildman–Crippen LogP) is 1.68. The fourth-order valence-electron chi connectivity index (χ4n) is 2.69. The van der Waals surface area contributed by atoms with Gasteiger partial charge in [0.2, 0.25) is 0 Å². The molecule has 0 aromatic rings. The van der Waals surface area contributed by atoms with Crippen LogP contribution in [0.25, 0.3) is 0 Å². The average molecular weight is 200 g/mol. The van der Waals surface area contributed by atoms with E-state index in [0.29, 0.717) is 0 Å². The summed E-state index contributed by atoms with van der Waals surface area (Å²) < 4.78 is 2.55. The summed E-state index contributed by atoms with van der Waals surface area (Å²) in [6.07, 6.45) is 2.84. The van der Waals surface area contributed by atoms with Crippen molar-refractivity contribution in [3.8, 4) is 0 Å². The van der Waals surface area contributed by atoms with E-state index in [1.54, 1.807) is 0 Å². The van der Waals surface area contributed by atoms with E-state index < -0.39 is 0 Å². The summed E-state index contributed by atoms with van der Waals surface area (Å²) in [4.78, 5) is 2.45. The number of hydrogen-bond donors (Lipinski definition) is 0. The van der Waals surface area contributed by atoms with Gasteiger partial charge in [0.1, 0.15) is 0 Å². The van der Waals surface area contributed by atoms with E-state index >= 15 is 0 Å². The lowest BCUT2D eigenvalue weighted by atomic mass is 9.73. The van der Waals surface area contributed by atoms with Gasteiger partial charge in [0.05, 0.1) is 0 Å². The lowest BCUT2D eigenvalue weighted by Gasteiger charge is -2.52. The lowest BCUT2D eigenvalue weighted by Crippen LogP contribution is -2.58. The van der Waals surface area contributed by atoms with Gasteiger partial charge in [-0.2, -0.15) is 0 Å². The Bertz CT molecular complexity index is 168. The third kappa shape index (κ3) is 2.03. The maximum Gasteiger partial charge on any atom is 0.00955 e. The third-order valence-electron chi connectivity index (χ3n) is 3.31. The molecule has 0 aliphatic carbocycles. The molecule has 0 bridgehead atoms. The number of piperidine rings is 1. The molecule has 2 aliphatic heterocycles. The van der Waals surface area contributed by atoms with Crippen LogP contribution in [0.4, 0.5) is 0 Å². The van der Waals surface area contributed by atoms with Crippen LogP contribution in [-0.2, 0) is 0 Å². The molecule has 0 aromatic carbocycles. The van der Waals surface area contributed by atoms with Crippen molar-refractivity contribution in [2.75, 3.05) is 39.0 Å². The first-order valence-electron chi connectivity index (χ1n) is 5.30. The molecular formula is C10H20N2S. The van der Waals surface area contributed by atoms with Crippen LogP contribution >= 0.6 is 11.9 Å². The van der Waals surface area contributed by atoms with Gasteiger partial charge in [-0.05, 0) is 25.3 Å². The molecular weight excluding hydrogens is 180 g/mol. The Morgan fingerprint density at radius 3 is 2.31 bits per heavy atom. The maximum atomic E-state index is 2.55. The highest BCUT2D eigenvalue weighted by atomic mass is 32.2. The van der Waals surface area contributed by atoms with Gasteiger partial charge in [-0.1, -0.05) is 18.9 Å². The van der Waals surface area contributed by atoms with Crippen molar-refractivity contribution in [1.82, 2.24) is 9.21 Å². The Hall–Kier alpha value is 0.270. The normalized spacial score (nSPS) is 29.1. The van der Waals surface area contributed by atoms with Crippen molar-refractivity contribution in [1.29, 1.82) is 0 Å². The van der Waals surface area contributed by atoms with Crippen molar-refractivity contribution in [3.05, 3.63) is 0 Å². The van der Waals surface area contributed by atoms with E-state index in [0.717, 1.165) is 5.41 Å². The number of hydrogen-bond acceptors (Lipinski definition) is 3. The van der Waals surface area contributed by atoms with Crippen LogP contribution in [0.1, 0.15) is 19.8 Å². The minimum absolute atomic E-state index is 0.722. The van der Waals surface area contributed by atoms with Gasteiger partial charge in [0, 0.05) is 31.9 Å². The second-order valence-electron chi connectivity index (χ2n) is 4.52. The Labute approximate surface area is 85.8 Å². The second kappa shape index (κ2) is 3.79. The maximum absolute atomic E-state index is 2.55. The van der Waals surface area contributed by atoms with Gasteiger partial charge in [-0.3, -0.25) is 4.31 Å². The van der Waals surface area contributed by atoms with E-state index in [9.17, 15) is 0 Å². The van der Waals surface area contributed by atoms with Crippen molar-refractivity contribution in [2.24, 2.45) is 5.41 Å². The van der Waals surface area contributed by atoms with Gasteiger partial charge >= 0.3 is 0 Å². The summed E-state index contributed by atoms with van der Waals surface area (Å²) in [6.45, 7) is 7.56. The molecule has 2 fully saturated rings. The molecule has 0 amide bonds. The summed E-state index contributed by atoms with van der Waals surface area (Å²) in [7, 11) is 2.23. The highest BCUT2D eigenvalue weighted by molar-refractivity contribution is 7.96. The molecule has 0 radical (unpaired) electrons. The Balaban J connectivity index is 1.77. The van der Waals surface area contributed by atoms with Crippen LogP contribution in [0.15, 0.2) is 0 Å². The van der Waals surface area contributed by atoms with E-state index in [1.807, 2.05) is 11.9 Å². The molecule has 13 heavy (non-hydrogen) atoms. The molecule has 2 nitrogen and oxygen atoms in total. The molecule has 1 spiro atoms. The van der Waals surface area contributed by atoms with Crippen molar-refractivity contribution in [3.63, 3.8) is 0 Å². The van der Waals surface area contributed by atoms with Gasteiger partial charge in [0.15, 0.2) is 0 Å². The number of likely N-dealkylation sites (tertiary alicyclic amines) is 1. The summed E-state index contributed by atoms with van der Waals surface area (Å²) >= 11 is 2.01. The highest BCUT2D eigenvalue weighted by Gasteiger charge is 2.42. The number of nitrogens with zero attached hydrogens (tertiary/aromatic N) is 2. The van der Waals surface area contributed by atoms with Crippen LogP contribution in [0.2, 0.25) is 0 Å². The SMILES string of the molecule is CCSN1CCC2(CC1)CN(C)C2. The van der Waals surface area contributed by atoms with E-state index in [-0.39, 0.29) is 0 Å². The Morgan fingerprint density at radius 2 is 1.85 bits per heavy atom. The van der Waals surface area contributed by atoms with Crippen molar-refractivity contribution < 1.29 is 0 Å². The highest BCUT2D eigenvalue weighted by Crippen LogP contribution is 2.40. The zero-order valence-corrected chi connectivity index (χ0v) is 9.57. The van der Waals surface area contributed by atoms with E-state index in [2.05, 4.69) is 23.2 Å². The number of rotatable bonds is 2. The molecule has 0 unspecified atom stereocenters. The molecule has 0 N–H and O–H groups in total. The van der Waals surface area contributed by atoms with Crippen LogP contribution in [-0.4, -0.2) is 48.2 Å². The molecule has 0 atom stereocenters. The van der Waals surface area contributed by atoms with Crippen LogP contribution < -0.4 is 0 Å². The fraction of sp³-hybridized carbons (Fsp3) is 1.00. The summed E-state index contributed by atoms with van der Waals surface area (Å²) in [6, 6.07) is 0. The Morgan fingerprint density at radius 1 is 1.23 bits per heavy atom. The smallest absolute Gasteiger partial charge is 0.00955 e. The first-order valence-corrected chi connectivity index (χ1v) is 6.25. The predicted molar refractivity (Wildman–Crippen MR) is 58.9 cm³/mol. The monoisotopic (exact) mass is 200 g/mol. The first-order chi connectivity index (χ1) is 6.24. The molecule has 0 saturated carbocycles. The molecule has 2 heterocycles.